The monoisotopic (exact) mass is 256 g/mol. The Morgan fingerprint density at radius 2 is 1.94 bits per heavy atom. The third-order valence-electron chi connectivity index (χ3n) is 2.23. The van der Waals surface area contributed by atoms with E-state index in [2.05, 4.69) is 4.98 Å². The number of aliphatic carboxylic acids is 1. The first kappa shape index (κ1) is 13.9. The van der Waals surface area contributed by atoms with Crippen LogP contribution in [0.1, 0.15) is 28.6 Å². The number of aromatic nitrogens is 1. The van der Waals surface area contributed by atoms with E-state index in [9.17, 15) is 19.8 Å². The minimum absolute atomic E-state index is 0.0475. The van der Waals surface area contributed by atoms with E-state index in [1.165, 1.54) is 0 Å². The van der Waals surface area contributed by atoms with E-state index in [1.54, 1.807) is 0 Å². The van der Waals surface area contributed by atoms with Crippen LogP contribution in [-0.4, -0.2) is 43.5 Å². The molecule has 0 aliphatic rings. The van der Waals surface area contributed by atoms with E-state index in [-0.39, 0.29) is 16.9 Å². The molecule has 2 atom stereocenters. The van der Waals surface area contributed by atoms with Crippen LogP contribution in [0.2, 0.25) is 0 Å². The molecule has 0 aliphatic heterocycles. The quantitative estimate of drug-likeness (QED) is 0.460. The fraction of sp³-hybridized carbons (Fsp3) is 0.300. The topological polar surface area (TPSA) is 154 Å². The maximum atomic E-state index is 10.7. The molecule has 1 rings (SSSR count). The second-order valence-corrected chi connectivity index (χ2v) is 3.62. The molecule has 2 unspecified atom stereocenters. The highest BCUT2D eigenvalue weighted by Crippen LogP contribution is 2.21. The van der Waals surface area contributed by atoms with Crippen LogP contribution in [0.15, 0.2) is 12.3 Å². The van der Waals surface area contributed by atoms with Crippen molar-refractivity contribution in [3.63, 3.8) is 0 Å². The van der Waals surface area contributed by atoms with Gasteiger partial charge in [0.1, 0.15) is 6.10 Å². The van der Waals surface area contributed by atoms with Crippen LogP contribution in [0.5, 0.6) is 0 Å². The molecule has 0 amide bonds. The molecule has 0 aliphatic carbocycles. The summed E-state index contributed by atoms with van der Waals surface area (Å²) >= 11 is 0. The Morgan fingerprint density at radius 1 is 1.33 bits per heavy atom. The molecule has 0 saturated carbocycles. The lowest BCUT2D eigenvalue weighted by molar-refractivity contribution is -0.141. The number of aliphatic hydroxyl groups is 2. The maximum Gasteiger partial charge on any atom is 0.356 e. The number of nitrogens with two attached hydrogens (primary N) is 1. The summed E-state index contributed by atoms with van der Waals surface area (Å²) in [4.78, 5) is 24.5. The Hall–Kier alpha value is -2.19. The summed E-state index contributed by atoms with van der Waals surface area (Å²) in [6.45, 7) is 0. The highest BCUT2D eigenvalue weighted by atomic mass is 16.4. The summed E-state index contributed by atoms with van der Waals surface area (Å²) in [5.41, 5.74) is 4.90. The lowest BCUT2D eigenvalue weighted by Gasteiger charge is -2.16. The van der Waals surface area contributed by atoms with Gasteiger partial charge in [0, 0.05) is 11.8 Å². The predicted molar refractivity (Wildman–Crippen MR) is 58.8 cm³/mol. The number of carbonyl (C=O) groups is 2. The zero-order chi connectivity index (χ0) is 13.9. The van der Waals surface area contributed by atoms with Gasteiger partial charge in [-0.25, -0.2) is 9.78 Å². The molecular weight excluding hydrogens is 244 g/mol. The molecule has 6 N–H and O–H groups in total. The SMILES string of the molecule is Nc1cc(C(O)C(O)CC(=O)O)cnc1C(=O)O. The van der Waals surface area contributed by atoms with Gasteiger partial charge in [0.15, 0.2) is 5.69 Å². The molecule has 0 fully saturated rings. The summed E-state index contributed by atoms with van der Waals surface area (Å²) in [6.07, 6.45) is -2.66. The Kier molecular flexibility index (Phi) is 4.18. The molecule has 0 radical (unpaired) electrons. The fourth-order valence-corrected chi connectivity index (χ4v) is 1.35. The molecule has 0 bridgehead atoms. The zero-order valence-corrected chi connectivity index (χ0v) is 9.15. The zero-order valence-electron chi connectivity index (χ0n) is 9.15. The number of aromatic carboxylic acids is 1. The highest BCUT2D eigenvalue weighted by molar-refractivity contribution is 5.91. The molecule has 1 aromatic heterocycles. The molecule has 18 heavy (non-hydrogen) atoms. The Bertz CT molecular complexity index is 475. The molecule has 1 aromatic rings. The van der Waals surface area contributed by atoms with Gasteiger partial charge in [0.2, 0.25) is 0 Å². The number of aliphatic hydroxyl groups excluding tert-OH is 2. The van der Waals surface area contributed by atoms with E-state index in [0.717, 1.165) is 12.3 Å². The number of carboxylic acids is 2. The second-order valence-electron chi connectivity index (χ2n) is 3.62. The van der Waals surface area contributed by atoms with E-state index in [1.807, 2.05) is 0 Å². The van der Waals surface area contributed by atoms with Crippen molar-refractivity contribution in [3.8, 4) is 0 Å². The molecular formula is C10H12N2O6. The van der Waals surface area contributed by atoms with Gasteiger partial charge in [0.25, 0.3) is 0 Å². The van der Waals surface area contributed by atoms with Crippen LogP contribution in [0.25, 0.3) is 0 Å². The van der Waals surface area contributed by atoms with Gasteiger partial charge in [-0.3, -0.25) is 4.79 Å². The van der Waals surface area contributed by atoms with Crippen molar-refractivity contribution >= 4 is 17.6 Å². The third kappa shape index (κ3) is 3.15. The van der Waals surface area contributed by atoms with Gasteiger partial charge in [-0.2, -0.15) is 0 Å². The molecule has 0 aromatic carbocycles. The van der Waals surface area contributed by atoms with E-state index in [0.29, 0.717) is 0 Å². The van der Waals surface area contributed by atoms with Crippen LogP contribution in [0.3, 0.4) is 0 Å². The number of hydrogen-bond donors (Lipinski definition) is 5. The Labute approximate surface area is 101 Å². The largest absolute Gasteiger partial charge is 0.481 e. The first-order valence-corrected chi connectivity index (χ1v) is 4.89. The highest BCUT2D eigenvalue weighted by Gasteiger charge is 2.22. The first-order chi connectivity index (χ1) is 8.32. The van der Waals surface area contributed by atoms with Crippen LogP contribution in [0.4, 0.5) is 5.69 Å². The Balaban J connectivity index is 2.93. The summed E-state index contributed by atoms with van der Waals surface area (Å²) in [5, 5.41) is 36.2. The molecule has 8 nitrogen and oxygen atoms in total. The standard InChI is InChI=1S/C10H12N2O6/c11-5-1-4(3-12-8(5)10(17)18)9(16)6(13)2-7(14)15/h1,3,6,9,13,16H,2,11H2,(H,14,15)(H,17,18). The van der Waals surface area contributed by atoms with Crippen molar-refractivity contribution in [1.29, 1.82) is 0 Å². The van der Waals surface area contributed by atoms with E-state index >= 15 is 0 Å². The van der Waals surface area contributed by atoms with Crippen molar-refractivity contribution in [3.05, 3.63) is 23.5 Å². The van der Waals surface area contributed by atoms with Gasteiger partial charge in [-0.05, 0) is 6.07 Å². The van der Waals surface area contributed by atoms with Gasteiger partial charge < -0.3 is 26.2 Å². The lowest BCUT2D eigenvalue weighted by atomic mass is 10.0. The summed E-state index contributed by atoms with van der Waals surface area (Å²) < 4.78 is 0. The fourth-order valence-electron chi connectivity index (χ4n) is 1.35. The van der Waals surface area contributed by atoms with Crippen molar-refractivity contribution in [2.45, 2.75) is 18.6 Å². The number of carboxylic acid groups (broad SMARTS) is 2. The van der Waals surface area contributed by atoms with Crippen LogP contribution in [0, 0.1) is 0 Å². The van der Waals surface area contributed by atoms with Crippen LogP contribution in [-0.2, 0) is 4.79 Å². The van der Waals surface area contributed by atoms with Crippen molar-refractivity contribution in [2.24, 2.45) is 0 Å². The summed E-state index contributed by atoms with van der Waals surface area (Å²) in [6, 6.07) is 1.13. The van der Waals surface area contributed by atoms with E-state index < -0.39 is 30.6 Å². The number of hydrogen-bond acceptors (Lipinski definition) is 6. The van der Waals surface area contributed by atoms with Crippen molar-refractivity contribution < 1.29 is 30.0 Å². The third-order valence-corrected chi connectivity index (χ3v) is 2.23. The van der Waals surface area contributed by atoms with Crippen LogP contribution >= 0.6 is 0 Å². The second kappa shape index (κ2) is 5.43. The molecule has 8 heteroatoms. The normalized spacial score (nSPS) is 13.9. The molecule has 98 valence electrons. The summed E-state index contributed by atoms with van der Waals surface area (Å²) in [7, 11) is 0. The average molecular weight is 256 g/mol. The Morgan fingerprint density at radius 3 is 2.39 bits per heavy atom. The smallest absolute Gasteiger partial charge is 0.356 e. The van der Waals surface area contributed by atoms with Gasteiger partial charge in [-0.1, -0.05) is 0 Å². The number of rotatable bonds is 5. The number of nitrogen functional groups attached to an aromatic ring is 1. The minimum Gasteiger partial charge on any atom is -0.481 e. The maximum absolute atomic E-state index is 10.7. The number of nitrogens with zero attached hydrogens (tertiary/aromatic N) is 1. The van der Waals surface area contributed by atoms with Crippen molar-refractivity contribution in [2.75, 3.05) is 5.73 Å². The van der Waals surface area contributed by atoms with Crippen molar-refractivity contribution in [1.82, 2.24) is 4.98 Å². The van der Waals surface area contributed by atoms with Gasteiger partial charge in [-0.15, -0.1) is 0 Å². The average Bonchev–Trinajstić information content (AvgIpc) is 2.26. The van der Waals surface area contributed by atoms with Crippen LogP contribution < -0.4 is 5.73 Å². The number of pyridine rings is 1. The number of anilines is 1. The molecule has 0 spiro atoms. The lowest BCUT2D eigenvalue weighted by Crippen LogP contribution is -2.22. The molecule has 1 heterocycles. The minimum atomic E-state index is -1.53. The van der Waals surface area contributed by atoms with Gasteiger partial charge >= 0.3 is 11.9 Å². The predicted octanol–water partition coefficient (Wildman–Crippen LogP) is -0.769. The summed E-state index contributed by atoms with van der Waals surface area (Å²) in [5.74, 6) is -2.59. The first-order valence-electron chi connectivity index (χ1n) is 4.89. The molecule has 0 saturated heterocycles. The van der Waals surface area contributed by atoms with E-state index in [4.69, 9.17) is 15.9 Å². The van der Waals surface area contributed by atoms with Gasteiger partial charge in [0.05, 0.1) is 18.2 Å².